The van der Waals surface area contributed by atoms with E-state index < -0.39 is 0 Å². The second-order valence-corrected chi connectivity index (χ2v) is 5.90. The maximum atomic E-state index is 9.03. The van der Waals surface area contributed by atoms with Gasteiger partial charge in [0.1, 0.15) is 22.2 Å². The summed E-state index contributed by atoms with van der Waals surface area (Å²) < 4.78 is 0.509. The number of thiocyanates is 1. The number of rotatable bonds is 3. The molecule has 0 aliphatic carbocycles. The van der Waals surface area contributed by atoms with Gasteiger partial charge in [-0.1, -0.05) is 11.6 Å². The van der Waals surface area contributed by atoms with Crippen LogP contribution < -0.4 is 5.32 Å². The fraction of sp³-hybridized carbons (Fsp3) is 0.300. The maximum Gasteiger partial charge on any atom is 0.183 e. The Bertz CT molecular complexity index is 553. The Kier molecular flexibility index (Phi) is 4.32. The van der Waals surface area contributed by atoms with Crippen LogP contribution in [0.25, 0.3) is 0 Å². The zero-order valence-electron chi connectivity index (χ0n) is 9.18. The van der Waals surface area contributed by atoms with Crippen LogP contribution in [0.3, 0.4) is 0 Å². The normalized spacial score (nSPS) is 16.9. The molecule has 92 valence electrons. The molecule has 0 spiro atoms. The van der Waals surface area contributed by atoms with Gasteiger partial charge >= 0.3 is 0 Å². The minimum absolute atomic E-state index is 0.394. The smallest absolute Gasteiger partial charge is 0.183 e. The Morgan fingerprint density at radius 3 is 3.11 bits per heavy atom. The van der Waals surface area contributed by atoms with E-state index in [0.717, 1.165) is 29.7 Å². The average molecular weight is 298 g/mol. The molecule has 0 bridgehead atoms. The van der Waals surface area contributed by atoms with Crippen LogP contribution in [0.15, 0.2) is 16.9 Å². The lowest BCUT2D eigenvalue weighted by molar-refractivity contribution is 0.391. The first kappa shape index (κ1) is 13.0. The molecule has 0 unspecified atom stereocenters. The standard InChI is InChI=1S/C10H8ClN5S2/c11-10-15-4-7(18-10)5-16-2-1-14-9(16)8(3-12)17-6-13/h4,14H,1-2,5H2/b9-8+. The zero-order valence-corrected chi connectivity index (χ0v) is 11.6. The van der Waals surface area contributed by atoms with Gasteiger partial charge in [-0.15, -0.1) is 11.3 Å². The predicted octanol–water partition coefficient (Wildman–Crippen LogP) is 2.11. The van der Waals surface area contributed by atoms with Crippen LogP contribution in [0.4, 0.5) is 0 Å². The van der Waals surface area contributed by atoms with Crippen molar-refractivity contribution in [1.82, 2.24) is 15.2 Å². The molecular weight excluding hydrogens is 290 g/mol. The summed E-state index contributed by atoms with van der Waals surface area (Å²) >= 11 is 8.08. The topological polar surface area (TPSA) is 75.7 Å². The lowest BCUT2D eigenvalue weighted by atomic mass is 10.4. The molecule has 1 N–H and O–H groups in total. The van der Waals surface area contributed by atoms with Crippen LogP contribution in [0, 0.1) is 22.0 Å². The van der Waals surface area contributed by atoms with E-state index in [2.05, 4.69) is 10.3 Å². The number of nitriles is 2. The first-order chi connectivity index (χ1) is 8.74. The highest BCUT2D eigenvalue weighted by Gasteiger charge is 2.21. The fourth-order valence-electron chi connectivity index (χ4n) is 1.63. The minimum atomic E-state index is 0.394. The number of halogens is 1. The molecule has 1 aromatic heterocycles. The third-order valence-corrected chi connectivity index (χ3v) is 4.01. The first-order valence-corrected chi connectivity index (χ1v) is 7.05. The number of hydrogen-bond acceptors (Lipinski definition) is 7. The van der Waals surface area contributed by atoms with E-state index >= 15 is 0 Å². The molecule has 0 radical (unpaired) electrons. The van der Waals surface area contributed by atoms with E-state index in [4.69, 9.17) is 22.1 Å². The van der Waals surface area contributed by atoms with Gasteiger partial charge in [-0.3, -0.25) is 0 Å². The fourth-order valence-corrected chi connectivity index (χ4v) is 3.06. The molecule has 1 aliphatic heterocycles. The highest BCUT2D eigenvalue weighted by molar-refractivity contribution is 8.07. The van der Waals surface area contributed by atoms with Gasteiger partial charge in [-0.2, -0.15) is 10.5 Å². The summed E-state index contributed by atoms with van der Waals surface area (Å²) in [7, 11) is 0. The van der Waals surface area contributed by atoms with Crippen LogP contribution >= 0.6 is 34.7 Å². The Morgan fingerprint density at radius 1 is 1.67 bits per heavy atom. The maximum absolute atomic E-state index is 9.03. The van der Waals surface area contributed by atoms with Gasteiger partial charge in [0.25, 0.3) is 0 Å². The number of nitrogens with one attached hydrogen (secondary N) is 1. The molecule has 1 aliphatic rings. The summed E-state index contributed by atoms with van der Waals surface area (Å²) in [6, 6.07) is 2.04. The Morgan fingerprint density at radius 2 is 2.50 bits per heavy atom. The molecule has 0 aromatic carbocycles. The van der Waals surface area contributed by atoms with Crippen molar-refractivity contribution in [3.8, 4) is 11.5 Å². The number of aromatic nitrogens is 1. The number of hydrogen-bond donors (Lipinski definition) is 1. The van der Waals surface area contributed by atoms with Crippen molar-refractivity contribution in [3.05, 3.63) is 26.3 Å². The van der Waals surface area contributed by atoms with Crippen molar-refractivity contribution in [2.75, 3.05) is 13.1 Å². The van der Waals surface area contributed by atoms with Gasteiger partial charge in [0.15, 0.2) is 4.47 Å². The molecule has 8 heteroatoms. The van der Waals surface area contributed by atoms with Crippen LogP contribution in [0.5, 0.6) is 0 Å². The molecule has 18 heavy (non-hydrogen) atoms. The van der Waals surface area contributed by atoms with Crippen LogP contribution in [0.1, 0.15) is 4.88 Å². The van der Waals surface area contributed by atoms with Gasteiger partial charge in [0.2, 0.25) is 0 Å². The molecule has 0 atom stereocenters. The Labute approximate surface area is 118 Å². The summed E-state index contributed by atoms with van der Waals surface area (Å²) in [6.07, 6.45) is 1.73. The van der Waals surface area contributed by atoms with Crippen molar-refractivity contribution >= 4 is 34.7 Å². The Hall–Kier alpha value is -1.41. The van der Waals surface area contributed by atoms with E-state index in [1.807, 2.05) is 16.4 Å². The molecule has 2 rings (SSSR count). The summed E-state index contributed by atoms with van der Waals surface area (Å²) in [6.45, 7) is 2.20. The molecule has 2 heterocycles. The van der Waals surface area contributed by atoms with Crippen molar-refractivity contribution in [1.29, 1.82) is 10.5 Å². The second kappa shape index (κ2) is 5.96. The molecule has 1 fully saturated rings. The number of nitrogens with zero attached hydrogens (tertiary/aromatic N) is 4. The van der Waals surface area contributed by atoms with E-state index in [-0.39, 0.29) is 0 Å². The third kappa shape index (κ3) is 2.88. The molecule has 0 amide bonds. The second-order valence-electron chi connectivity index (χ2n) is 3.41. The molecule has 0 saturated carbocycles. The SMILES string of the molecule is N#CS/C(C#N)=C1\NCCN1Cc1cnc(Cl)s1. The monoisotopic (exact) mass is 297 g/mol. The first-order valence-electron chi connectivity index (χ1n) is 5.04. The number of allylic oxidation sites excluding steroid dienone is 1. The van der Waals surface area contributed by atoms with Gasteiger partial charge in [-0.25, -0.2) is 4.98 Å². The van der Waals surface area contributed by atoms with Gasteiger partial charge < -0.3 is 10.2 Å². The lowest BCUT2D eigenvalue weighted by Gasteiger charge is -2.18. The zero-order chi connectivity index (χ0) is 13.0. The average Bonchev–Trinajstić information content (AvgIpc) is 2.96. The van der Waals surface area contributed by atoms with E-state index in [1.165, 1.54) is 11.3 Å². The number of thioether (sulfide) groups is 1. The van der Waals surface area contributed by atoms with Gasteiger partial charge in [0.05, 0.1) is 6.54 Å². The van der Waals surface area contributed by atoms with E-state index in [0.29, 0.717) is 21.7 Å². The Balaban J connectivity index is 2.18. The highest BCUT2D eigenvalue weighted by Crippen LogP contribution is 2.25. The lowest BCUT2D eigenvalue weighted by Crippen LogP contribution is -2.20. The summed E-state index contributed by atoms with van der Waals surface area (Å²) in [4.78, 5) is 7.43. The van der Waals surface area contributed by atoms with Crippen LogP contribution in [-0.4, -0.2) is 23.0 Å². The molecule has 1 aromatic rings. The highest BCUT2D eigenvalue weighted by atomic mass is 35.5. The quantitative estimate of drug-likeness (QED) is 0.680. The third-order valence-electron chi connectivity index (χ3n) is 2.33. The molecule has 1 saturated heterocycles. The van der Waals surface area contributed by atoms with Crippen molar-refractivity contribution in [3.63, 3.8) is 0 Å². The van der Waals surface area contributed by atoms with E-state index in [9.17, 15) is 0 Å². The predicted molar refractivity (Wildman–Crippen MR) is 71.4 cm³/mol. The molecular formula is C10H8ClN5S2. The van der Waals surface area contributed by atoms with Crippen molar-refractivity contribution in [2.45, 2.75) is 6.54 Å². The van der Waals surface area contributed by atoms with Crippen molar-refractivity contribution < 1.29 is 0 Å². The van der Waals surface area contributed by atoms with Crippen LogP contribution in [0.2, 0.25) is 4.47 Å². The van der Waals surface area contributed by atoms with Gasteiger partial charge in [-0.05, 0) is 0 Å². The summed E-state index contributed by atoms with van der Waals surface area (Å²) in [5.41, 5.74) is 0. The minimum Gasteiger partial charge on any atom is -0.368 e. The van der Waals surface area contributed by atoms with Crippen molar-refractivity contribution in [2.24, 2.45) is 0 Å². The summed E-state index contributed by atoms with van der Waals surface area (Å²) in [5.74, 6) is 0.716. The van der Waals surface area contributed by atoms with Gasteiger partial charge in [0, 0.05) is 35.9 Å². The van der Waals surface area contributed by atoms with E-state index in [1.54, 1.807) is 6.20 Å². The number of thiazole rings is 1. The summed E-state index contributed by atoms with van der Waals surface area (Å²) in [5, 5.41) is 22.7. The molecule has 5 nitrogen and oxygen atoms in total. The van der Waals surface area contributed by atoms with Crippen LogP contribution in [-0.2, 0) is 6.54 Å². The largest absolute Gasteiger partial charge is 0.368 e.